The van der Waals surface area contributed by atoms with Gasteiger partial charge < -0.3 is 9.47 Å². The van der Waals surface area contributed by atoms with E-state index in [1.165, 1.54) is 13.3 Å². The van der Waals surface area contributed by atoms with Crippen molar-refractivity contribution in [3.63, 3.8) is 0 Å². The molecule has 0 atom stereocenters. The van der Waals surface area contributed by atoms with E-state index < -0.39 is 0 Å². The van der Waals surface area contributed by atoms with Crippen LogP contribution >= 0.6 is 11.6 Å². The van der Waals surface area contributed by atoms with Crippen molar-refractivity contribution in [3.05, 3.63) is 52.8 Å². The van der Waals surface area contributed by atoms with Crippen LogP contribution in [-0.2, 0) is 6.42 Å². The Morgan fingerprint density at radius 1 is 1.25 bits per heavy atom. The van der Waals surface area contributed by atoms with Crippen LogP contribution in [0.1, 0.15) is 15.9 Å². The third-order valence-electron chi connectivity index (χ3n) is 2.92. The molecule has 1 aromatic carbocycles. The van der Waals surface area contributed by atoms with E-state index in [9.17, 15) is 4.79 Å². The van der Waals surface area contributed by atoms with Crippen LogP contribution in [0, 0.1) is 0 Å². The summed E-state index contributed by atoms with van der Waals surface area (Å²) in [4.78, 5) is 16.2. The Hall–Kier alpha value is -2.07. The molecule has 0 aliphatic rings. The quantitative estimate of drug-likeness (QED) is 0.794. The molecule has 0 amide bonds. The van der Waals surface area contributed by atoms with Crippen molar-refractivity contribution < 1.29 is 14.3 Å². The number of aromatic nitrogens is 1. The second-order valence-corrected chi connectivity index (χ2v) is 4.54. The highest BCUT2D eigenvalue weighted by Gasteiger charge is 2.15. The first kappa shape index (κ1) is 14.3. The molecule has 1 aromatic heterocycles. The lowest BCUT2D eigenvalue weighted by Crippen LogP contribution is -2.06. The van der Waals surface area contributed by atoms with Gasteiger partial charge >= 0.3 is 0 Å². The predicted octanol–water partition coefficient (Wildman–Crippen LogP) is 3.18. The zero-order valence-electron chi connectivity index (χ0n) is 11.2. The molecule has 4 nitrogen and oxygen atoms in total. The highest BCUT2D eigenvalue weighted by Crippen LogP contribution is 2.26. The van der Waals surface area contributed by atoms with Gasteiger partial charge in [-0.3, -0.25) is 9.78 Å². The van der Waals surface area contributed by atoms with Crippen LogP contribution < -0.4 is 9.47 Å². The summed E-state index contributed by atoms with van der Waals surface area (Å²) in [7, 11) is 3.08. The molecule has 0 aliphatic heterocycles. The molecule has 2 rings (SSSR count). The number of ether oxygens (including phenoxy) is 2. The third kappa shape index (κ3) is 3.08. The number of ketones is 1. The van der Waals surface area contributed by atoms with Crippen molar-refractivity contribution in [2.45, 2.75) is 6.42 Å². The first-order chi connectivity index (χ1) is 9.65. The van der Waals surface area contributed by atoms with Crippen molar-refractivity contribution in [1.82, 2.24) is 4.98 Å². The number of rotatable bonds is 5. The Morgan fingerprint density at radius 2 is 2.05 bits per heavy atom. The number of halogens is 1. The maximum atomic E-state index is 12.3. The molecule has 0 radical (unpaired) electrons. The van der Waals surface area contributed by atoms with Gasteiger partial charge in [-0.25, -0.2) is 0 Å². The summed E-state index contributed by atoms with van der Waals surface area (Å²) in [5.74, 6) is 1.05. The van der Waals surface area contributed by atoms with Crippen molar-refractivity contribution >= 4 is 17.4 Å². The summed E-state index contributed by atoms with van der Waals surface area (Å²) in [5, 5.41) is 0.480. The SMILES string of the molecule is COc1ccc(C(=O)Cc2ccncc2Cl)c(OC)c1. The molecule has 0 saturated carbocycles. The van der Waals surface area contributed by atoms with Crippen molar-refractivity contribution in [3.8, 4) is 11.5 Å². The number of hydrogen-bond acceptors (Lipinski definition) is 4. The smallest absolute Gasteiger partial charge is 0.171 e. The highest BCUT2D eigenvalue weighted by molar-refractivity contribution is 6.31. The molecule has 20 heavy (non-hydrogen) atoms. The van der Waals surface area contributed by atoms with Crippen LogP contribution in [0.4, 0.5) is 0 Å². The number of hydrogen-bond donors (Lipinski definition) is 0. The summed E-state index contributed by atoms with van der Waals surface area (Å²) in [5.41, 5.74) is 1.24. The van der Waals surface area contributed by atoms with Crippen LogP contribution in [0.3, 0.4) is 0 Å². The average molecular weight is 292 g/mol. The van der Waals surface area contributed by atoms with E-state index in [1.807, 2.05) is 0 Å². The number of nitrogens with zero attached hydrogens (tertiary/aromatic N) is 1. The van der Waals surface area contributed by atoms with Crippen LogP contribution in [-0.4, -0.2) is 25.0 Å². The molecule has 0 bridgehead atoms. The van der Waals surface area contributed by atoms with Gasteiger partial charge in [-0.2, -0.15) is 0 Å². The fourth-order valence-electron chi connectivity index (χ4n) is 1.84. The van der Waals surface area contributed by atoms with Crippen LogP contribution in [0.5, 0.6) is 11.5 Å². The van der Waals surface area contributed by atoms with Gasteiger partial charge in [-0.1, -0.05) is 11.6 Å². The van der Waals surface area contributed by atoms with Gasteiger partial charge in [0.05, 0.1) is 24.8 Å². The normalized spacial score (nSPS) is 10.2. The molecule has 1 heterocycles. The number of benzene rings is 1. The fourth-order valence-corrected chi connectivity index (χ4v) is 2.03. The molecule has 0 unspecified atom stereocenters. The van der Waals surface area contributed by atoms with E-state index in [1.54, 1.807) is 37.6 Å². The Balaban J connectivity index is 2.27. The number of pyridine rings is 1. The zero-order chi connectivity index (χ0) is 14.5. The molecular weight excluding hydrogens is 278 g/mol. The number of carbonyl (C=O) groups is 1. The van der Waals surface area contributed by atoms with E-state index in [2.05, 4.69) is 4.98 Å². The Bertz CT molecular complexity index is 628. The second-order valence-electron chi connectivity index (χ2n) is 4.13. The fraction of sp³-hybridized carbons (Fsp3) is 0.200. The van der Waals surface area contributed by atoms with Crippen molar-refractivity contribution in [2.24, 2.45) is 0 Å². The minimum Gasteiger partial charge on any atom is -0.497 e. The minimum absolute atomic E-state index is 0.0717. The molecule has 0 aliphatic carbocycles. The Kier molecular flexibility index (Phi) is 4.58. The van der Waals surface area contributed by atoms with E-state index in [0.717, 1.165) is 5.56 Å². The predicted molar refractivity (Wildman–Crippen MR) is 76.8 cm³/mol. The lowest BCUT2D eigenvalue weighted by molar-refractivity contribution is 0.0990. The minimum atomic E-state index is -0.0717. The van der Waals surface area contributed by atoms with Gasteiger partial charge in [0.2, 0.25) is 0 Å². The number of methoxy groups -OCH3 is 2. The van der Waals surface area contributed by atoms with Gasteiger partial charge in [-0.15, -0.1) is 0 Å². The van der Waals surface area contributed by atoms with E-state index in [-0.39, 0.29) is 12.2 Å². The maximum Gasteiger partial charge on any atom is 0.171 e. The highest BCUT2D eigenvalue weighted by atomic mass is 35.5. The lowest BCUT2D eigenvalue weighted by atomic mass is 10.0. The first-order valence-electron chi connectivity index (χ1n) is 5.99. The molecule has 0 N–H and O–H groups in total. The van der Waals surface area contributed by atoms with Crippen LogP contribution in [0.15, 0.2) is 36.7 Å². The molecule has 2 aromatic rings. The van der Waals surface area contributed by atoms with Crippen molar-refractivity contribution in [1.29, 1.82) is 0 Å². The van der Waals surface area contributed by atoms with Crippen LogP contribution in [0.2, 0.25) is 5.02 Å². The topological polar surface area (TPSA) is 48.4 Å². The Morgan fingerprint density at radius 3 is 2.70 bits per heavy atom. The summed E-state index contributed by atoms with van der Waals surface area (Å²) < 4.78 is 10.3. The summed E-state index contributed by atoms with van der Waals surface area (Å²) in [6.45, 7) is 0. The van der Waals surface area contributed by atoms with Gasteiger partial charge in [0.25, 0.3) is 0 Å². The summed E-state index contributed by atoms with van der Waals surface area (Å²) >= 11 is 6.01. The Labute approximate surface area is 122 Å². The summed E-state index contributed by atoms with van der Waals surface area (Å²) in [6, 6.07) is 6.83. The maximum absolute atomic E-state index is 12.3. The number of Topliss-reactive ketones (excluding diaryl/α,β-unsaturated/α-hetero) is 1. The molecule has 104 valence electrons. The van der Waals surface area contributed by atoms with Gasteiger partial charge in [0.1, 0.15) is 11.5 Å². The second kappa shape index (κ2) is 6.39. The first-order valence-corrected chi connectivity index (χ1v) is 6.37. The van der Waals surface area contributed by atoms with Gasteiger partial charge in [-0.05, 0) is 23.8 Å². The largest absolute Gasteiger partial charge is 0.497 e. The van der Waals surface area contributed by atoms with E-state index in [0.29, 0.717) is 22.1 Å². The molecule has 0 spiro atoms. The number of carbonyl (C=O) groups excluding carboxylic acids is 1. The lowest BCUT2D eigenvalue weighted by Gasteiger charge is -2.10. The molecule has 0 saturated heterocycles. The van der Waals surface area contributed by atoms with E-state index in [4.69, 9.17) is 21.1 Å². The molecular formula is C15H14ClNO3. The standard InChI is InChI=1S/C15H14ClNO3/c1-19-11-3-4-12(15(8-11)20-2)14(18)7-10-5-6-17-9-13(10)16/h3-6,8-9H,7H2,1-2H3. The molecule has 0 fully saturated rings. The van der Waals surface area contributed by atoms with Gasteiger partial charge in [0, 0.05) is 24.9 Å². The van der Waals surface area contributed by atoms with Crippen LogP contribution in [0.25, 0.3) is 0 Å². The van der Waals surface area contributed by atoms with E-state index >= 15 is 0 Å². The monoisotopic (exact) mass is 291 g/mol. The third-order valence-corrected chi connectivity index (χ3v) is 3.26. The zero-order valence-corrected chi connectivity index (χ0v) is 12.0. The van der Waals surface area contributed by atoms with Crippen molar-refractivity contribution in [2.75, 3.05) is 14.2 Å². The van der Waals surface area contributed by atoms with Gasteiger partial charge in [0.15, 0.2) is 5.78 Å². The summed E-state index contributed by atoms with van der Waals surface area (Å²) in [6.07, 6.45) is 3.33. The molecule has 5 heteroatoms. The average Bonchev–Trinajstić information content (AvgIpc) is 2.48.